The average Bonchev–Trinajstić information content (AvgIpc) is 2.44. The van der Waals surface area contributed by atoms with Gasteiger partial charge in [0.1, 0.15) is 0 Å². The van der Waals surface area contributed by atoms with E-state index >= 15 is 0 Å². The summed E-state index contributed by atoms with van der Waals surface area (Å²) in [6, 6.07) is 15.1. The number of aryl methyl sites for hydroxylation is 1. The van der Waals surface area contributed by atoms with Crippen molar-refractivity contribution in [1.29, 1.82) is 0 Å². The summed E-state index contributed by atoms with van der Waals surface area (Å²) >= 11 is 0. The number of rotatable bonds is 4. The number of benzene rings is 2. The molecule has 4 nitrogen and oxygen atoms in total. The van der Waals surface area contributed by atoms with Crippen LogP contribution in [0.3, 0.4) is 0 Å². The number of hydrogen-bond acceptors (Lipinski definition) is 3. The third-order valence-corrected chi connectivity index (χ3v) is 4.30. The monoisotopic (exact) mass is 302 g/mol. The van der Waals surface area contributed by atoms with E-state index in [-0.39, 0.29) is 0 Å². The quantitative estimate of drug-likeness (QED) is 0.815. The van der Waals surface area contributed by atoms with E-state index in [2.05, 4.69) is 4.99 Å². The Kier molecular flexibility index (Phi) is 4.43. The minimum Gasteiger partial charge on any atom is -0.273 e. The van der Waals surface area contributed by atoms with Gasteiger partial charge in [0.2, 0.25) is 10.0 Å². The Bertz CT molecular complexity index is 767. The maximum absolute atomic E-state index is 11.5. The number of aliphatic imine (C=N–C) groups is 1. The van der Waals surface area contributed by atoms with E-state index < -0.39 is 10.0 Å². The second kappa shape index (κ2) is 6.10. The maximum atomic E-state index is 11.5. The van der Waals surface area contributed by atoms with Crippen LogP contribution >= 0.6 is 0 Å². The Labute approximate surface area is 125 Å². The first-order valence-corrected chi connectivity index (χ1v) is 8.36. The van der Waals surface area contributed by atoms with Gasteiger partial charge in [0, 0.05) is 13.3 Å². The molecule has 2 aromatic rings. The van der Waals surface area contributed by atoms with Gasteiger partial charge in [0.15, 0.2) is 0 Å². The predicted molar refractivity (Wildman–Crippen MR) is 88.1 cm³/mol. The Hall–Kier alpha value is -2.14. The molecule has 0 saturated heterocycles. The van der Waals surface area contributed by atoms with Crippen LogP contribution in [0.25, 0.3) is 0 Å². The highest BCUT2D eigenvalue weighted by Crippen LogP contribution is 2.22. The van der Waals surface area contributed by atoms with Crippen molar-refractivity contribution in [3.05, 3.63) is 59.7 Å². The molecular weight excluding hydrogens is 284 g/mol. The first-order valence-electron chi connectivity index (χ1n) is 6.51. The largest absolute Gasteiger partial charge is 0.273 e. The lowest BCUT2D eigenvalue weighted by Crippen LogP contribution is -2.24. The van der Waals surface area contributed by atoms with Crippen LogP contribution in [-0.4, -0.2) is 27.9 Å². The Morgan fingerprint density at radius 1 is 1.10 bits per heavy atom. The van der Waals surface area contributed by atoms with Crippen LogP contribution < -0.4 is 4.31 Å². The molecular formula is C16H18N2O2S. The van der Waals surface area contributed by atoms with Crippen molar-refractivity contribution in [3.8, 4) is 0 Å². The molecule has 0 aliphatic carbocycles. The Morgan fingerprint density at radius 2 is 1.81 bits per heavy atom. The number of nitrogens with zero attached hydrogens (tertiary/aromatic N) is 2. The first kappa shape index (κ1) is 15.3. The summed E-state index contributed by atoms with van der Waals surface area (Å²) in [4.78, 5) is 4.40. The molecule has 2 aromatic carbocycles. The van der Waals surface area contributed by atoms with Gasteiger partial charge < -0.3 is 0 Å². The topological polar surface area (TPSA) is 49.7 Å². The van der Waals surface area contributed by atoms with Gasteiger partial charge in [-0.25, -0.2) is 8.42 Å². The molecule has 0 radical (unpaired) electrons. The van der Waals surface area contributed by atoms with E-state index in [0.717, 1.165) is 5.56 Å². The van der Waals surface area contributed by atoms with E-state index in [4.69, 9.17) is 0 Å². The first-order chi connectivity index (χ1) is 9.86. The van der Waals surface area contributed by atoms with E-state index in [1.54, 1.807) is 24.4 Å². The van der Waals surface area contributed by atoms with Crippen LogP contribution in [0.5, 0.6) is 0 Å². The van der Waals surface area contributed by atoms with Gasteiger partial charge in [-0.2, -0.15) is 0 Å². The van der Waals surface area contributed by atoms with Crippen molar-refractivity contribution in [2.75, 3.05) is 17.6 Å². The molecule has 110 valence electrons. The zero-order chi connectivity index (χ0) is 15.5. The molecule has 0 aromatic heterocycles. The highest BCUT2D eigenvalue weighted by Gasteiger charge is 2.11. The van der Waals surface area contributed by atoms with Gasteiger partial charge in [0.05, 0.1) is 17.6 Å². The summed E-state index contributed by atoms with van der Waals surface area (Å²) in [6.45, 7) is 2.03. The molecule has 0 amide bonds. The third kappa shape index (κ3) is 4.16. The number of hydrogen-bond donors (Lipinski definition) is 0. The molecule has 0 aliphatic rings. The van der Waals surface area contributed by atoms with Crippen molar-refractivity contribution < 1.29 is 8.42 Å². The van der Waals surface area contributed by atoms with Crippen LogP contribution in [0.2, 0.25) is 0 Å². The Balaban J connectivity index is 2.26. The van der Waals surface area contributed by atoms with Crippen LogP contribution in [0.1, 0.15) is 11.1 Å². The summed E-state index contributed by atoms with van der Waals surface area (Å²) in [7, 11) is -1.74. The standard InChI is InChI=1S/C16H18N2O2S/c1-13-6-4-7-14(10-13)12-17-15-8-5-9-16(11-15)18(2)21(3,19)20/h4-12H,1-3H3. The van der Waals surface area contributed by atoms with Crippen LogP contribution in [0.15, 0.2) is 53.5 Å². The maximum Gasteiger partial charge on any atom is 0.231 e. The average molecular weight is 302 g/mol. The van der Waals surface area contributed by atoms with Crippen LogP contribution in [0.4, 0.5) is 11.4 Å². The molecule has 0 atom stereocenters. The molecule has 0 aliphatic heterocycles. The molecule has 0 N–H and O–H groups in total. The van der Waals surface area contributed by atoms with E-state index in [1.165, 1.54) is 23.2 Å². The zero-order valence-electron chi connectivity index (χ0n) is 12.3. The van der Waals surface area contributed by atoms with Crippen molar-refractivity contribution in [2.45, 2.75) is 6.92 Å². The molecule has 0 spiro atoms. The van der Waals surface area contributed by atoms with Crippen molar-refractivity contribution in [1.82, 2.24) is 0 Å². The lowest BCUT2D eigenvalue weighted by molar-refractivity contribution is 0.600. The van der Waals surface area contributed by atoms with Gasteiger partial charge in [0.25, 0.3) is 0 Å². The normalized spacial score (nSPS) is 11.8. The summed E-state index contributed by atoms with van der Waals surface area (Å²) in [5.74, 6) is 0. The molecule has 0 heterocycles. The van der Waals surface area contributed by atoms with Gasteiger partial charge >= 0.3 is 0 Å². The zero-order valence-corrected chi connectivity index (χ0v) is 13.1. The fourth-order valence-corrected chi connectivity index (χ4v) is 2.36. The predicted octanol–water partition coefficient (Wildman–Crippen LogP) is 3.14. The third-order valence-electron chi connectivity index (χ3n) is 3.10. The summed E-state index contributed by atoms with van der Waals surface area (Å²) in [6.07, 6.45) is 2.95. The van der Waals surface area contributed by atoms with Gasteiger partial charge in [-0.05, 0) is 30.7 Å². The Morgan fingerprint density at radius 3 is 2.48 bits per heavy atom. The van der Waals surface area contributed by atoms with Gasteiger partial charge in [-0.1, -0.05) is 35.9 Å². The van der Waals surface area contributed by atoms with E-state index in [9.17, 15) is 8.42 Å². The highest BCUT2D eigenvalue weighted by atomic mass is 32.2. The van der Waals surface area contributed by atoms with E-state index in [1.807, 2.05) is 37.3 Å². The minimum absolute atomic E-state index is 0.594. The lowest BCUT2D eigenvalue weighted by atomic mass is 10.1. The van der Waals surface area contributed by atoms with Crippen molar-refractivity contribution in [3.63, 3.8) is 0 Å². The van der Waals surface area contributed by atoms with Gasteiger partial charge in [-0.3, -0.25) is 9.30 Å². The highest BCUT2D eigenvalue weighted by molar-refractivity contribution is 7.92. The SMILES string of the molecule is Cc1cccc(C=Nc2cccc(N(C)S(C)(=O)=O)c2)c1. The molecule has 0 fully saturated rings. The summed E-state index contributed by atoms with van der Waals surface area (Å²) in [5, 5.41) is 0. The molecule has 0 unspecified atom stereocenters. The number of anilines is 1. The molecule has 2 rings (SSSR count). The number of sulfonamides is 1. The van der Waals surface area contributed by atoms with Gasteiger partial charge in [-0.15, -0.1) is 0 Å². The second-order valence-corrected chi connectivity index (χ2v) is 6.94. The van der Waals surface area contributed by atoms with Crippen LogP contribution in [-0.2, 0) is 10.0 Å². The molecule has 0 saturated carbocycles. The molecule has 0 bridgehead atoms. The minimum atomic E-state index is -3.26. The van der Waals surface area contributed by atoms with Crippen molar-refractivity contribution in [2.24, 2.45) is 4.99 Å². The summed E-state index contributed by atoms with van der Waals surface area (Å²) in [5.41, 5.74) is 3.49. The summed E-state index contributed by atoms with van der Waals surface area (Å²) < 4.78 is 24.3. The van der Waals surface area contributed by atoms with Crippen LogP contribution in [0, 0.1) is 6.92 Å². The second-order valence-electron chi connectivity index (χ2n) is 4.92. The lowest BCUT2D eigenvalue weighted by Gasteiger charge is -2.16. The molecule has 5 heteroatoms. The van der Waals surface area contributed by atoms with E-state index in [0.29, 0.717) is 11.4 Å². The fourth-order valence-electron chi connectivity index (χ4n) is 1.86. The van der Waals surface area contributed by atoms with Crippen molar-refractivity contribution >= 4 is 27.6 Å². The molecule has 21 heavy (non-hydrogen) atoms. The smallest absolute Gasteiger partial charge is 0.231 e. The fraction of sp³-hybridized carbons (Fsp3) is 0.188.